The number of aromatic nitrogens is 1. The van der Waals surface area contributed by atoms with Gasteiger partial charge in [0.05, 0.1) is 25.8 Å². The van der Waals surface area contributed by atoms with Gasteiger partial charge >= 0.3 is 0 Å². The number of aryl methyl sites for hydroxylation is 1. The number of guanidine groups is 1. The lowest BCUT2D eigenvalue weighted by Gasteiger charge is -2.16. The Balaban J connectivity index is 0.00000420. The van der Waals surface area contributed by atoms with Crippen molar-refractivity contribution in [2.75, 3.05) is 33.9 Å². The van der Waals surface area contributed by atoms with Crippen molar-refractivity contribution < 1.29 is 14.6 Å². The Morgan fingerprint density at radius 2 is 2.03 bits per heavy atom. The number of aliphatic hydroxyl groups is 1. The SMILES string of the molecule is CCNC(=NCC(O)c1cc(OC)ccc1OC)NCCc1ncc(CC)s1.I. The Labute approximate surface area is 194 Å². The molecule has 0 radical (unpaired) electrons. The molecule has 9 heteroatoms. The first-order valence-corrected chi connectivity index (χ1v) is 10.3. The highest BCUT2D eigenvalue weighted by atomic mass is 127. The van der Waals surface area contributed by atoms with Gasteiger partial charge in [-0.15, -0.1) is 35.3 Å². The Bertz CT molecular complexity index is 770. The Kier molecular flexibility index (Phi) is 11.9. The molecule has 0 bridgehead atoms. The van der Waals surface area contributed by atoms with E-state index in [0.717, 1.165) is 30.9 Å². The number of rotatable bonds is 10. The highest BCUT2D eigenvalue weighted by Crippen LogP contribution is 2.29. The van der Waals surface area contributed by atoms with Gasteiger partial charge in [0, 0.05) is 36.1 Å². The fourth-order valence-corrected chi connectivity index (χ4v) is 3.49. The second kappa shape index (κ2) is 13.6. The number of nitrogens with zero attached hydrogens (tertiary/aromatic N) is 2. The smallest absolute Gasteiger partial charge is 0.191 e. The monoisotopic (exact) mass is 534 g/mol. The molecule has 0 saturated heterocycles. The Morgan fingerprint density at radius 3 is 2.66 bits per heavy atom. The van der Waals surface area contributed by atoms with E-state index < -0.39 is 6.10 Å². The second-order valence-corrected chi connectivity index (χ2v) is 7.29. The van der Waals surface area contributed by atoms with Crippen LogP contribution >= 0.6 is 35.3 Å². The summed E-state index contributed by atoms with van der Waals surface area (Å²) in [5.74, 6) is 1.94. The lowest BCUT2D eigenvalue weighted by molar-refractivity contribution is 0.182. The molecule has 0 fully saturated rings. The highest BCUT2D eigenvalue weighted by molar-refractivity contribution is 14.0. The van der Waals surface area contributed by atoms with Gasteiger partial charge in [0.25, 0.3) is 0 Å². The molecule has 1 unspecified atom stereocenters. The van der Waals surface area contributed by atoms with Crippen LogP contribution in [0, 0.1) is 0 Å². The first-order valence-electron chi connectivity index (χ1n) is 9.46. The van der Waals surface area contributed by atoms with E-state index in [1.54, 1.807) is 43.8 Å². The molecule has 1 heterocycles. The van der Waals surface area contributed by atoms with Crippen LogP contribution in [-0.2, 0) is 12.8 Å². The lowest BCUT2D eigenvalue weighted by atomic mass is 10.1. The second-order valence-electron chi connectivity index (χ2n) is 6.09. The van der Waals surface area contributed by atoms with Crippen LogP contribution in [-0.4, -0.2) is 49.9 Å². The minimum absolute atomic E-state index is 0. The molecule has 162 valence electrons. The quantitative estimate of drug-likeness (QED) is 0.247. The Morgan fingerprint density at radius 1 is 1.24 bits per heavy atom. The maximum absolute atomic E-state index is 10.6. The van der Waals surface area contributed by atoms with Crippen LogP contribution in [0.5, 0.6) is 11.5 Å². The maximum Gasteiger partial charge on any atom is 0.191 e. The summed E-state index contributed by atoms with van der Waals surface area (Å²) in [6.07, 6.45) is 2.99. The number of thiazole rings is 1. The Hall–Kier alpha value is -1.59. The minimum Gasteiger partial charge on any atom is -0.497 e. The van der Waals surface area contributed by atoms with Crippen molar-refractivity contribution in [2.24, 2.45) is 4.99 Å². The number of hydrogen-bond donors (Lipinski definition) is 3. The molecular formula is C20H31IN4O3S. The predicted octanol–water partition coefficient (Wildman–Crippen LogP) is 3.17. The fourth-order valence-electron chi connectivity index (χ4n) is 2.63. The maximum atomic E-state index is 10.6. The summed E-state index contributed by atoms with van der Waals surface area (Å²) in [5.41, 5.74) is 0.649. The molecular weight excluding hydrogens is 503 g/mol. The van der Waals surface area contributed by atoms with Crippen molar-refractivity contribution in [3.05, 3.63) is 39.8 Å². The molecule has 1 atom stereocenters. The molecule has 3 N–H and O–H groups in total. The van der Waals surface area contributed by atoms with E-state index in [1.165, 1.54) is 4.88 Å². The first kappa shape index (κ1) is 25.4. The summed E-state index contributed by atoms with van der Waals surface area (Å²) in [5, 5.41) is 18.2. The number of nitrogens with one attached hydrogen (secondary N) is 2. The van der Waals surface area contributed by atoms with E-state index >= 15 is 0 Å². The minimum atomic E-state index is -0.799. The van der Waals surface area contributed by atoms with Gasteiger partial charge in [0.2, 0.25) is 0 Å². The topological polar surface area (TPSA) is 88.0 Å². The molecule has 0 aliphatic heterocycles. The summed E-state index contributed by atoms with van der Waals surface area (Å²) in [6, 6.07) is 5.35. The normalized spacial score (nSPS) is 12.1. The van der Waals surface area contributed by atoms with Crippen molar-refractivity contribution in [1.29, 1.82) is 0 Å². The number of ether oxygens (including phenoxy) is 2. The molecule has 7 nitrogen and oxygen atoms in total. The summed E-state index contributed by atoms with van der Waals surface area (Å²) < 4.78 is 10.6. The molecule has 2 rings (SSSR count). The van der Waals surface area contributed by atoms with Crippen LogP contribution < -0.4 is 20.1 Å². The van der Waals surface area contributed by atoms with E-state index in [1.807, 2.05) is 13.1 Å². The molecule has 0 amide bonds. The van der Waals surface area contributed by atoms with Crippen molar-refractivity contribution in [1.82, 2.24) is 15.6 Å². The zero-order valence-corrected chi connectivity index (χ0v) is 20.5. The van der Waals surface area contributed by atoms with Crippen molar-refractivity contribution in [2.45, 2.75) is 32.8 Å². The molecule has 0 spiro atoms. The highest BCUT2D eigenvalue weighted by Gasteiger charge is 2.14. The van der Waals surface area contributed by atoms with Crippen molar-refractivity contribution in [3.8, 4) is 11.5 Å². The lowest BCUT2D eigenvalue weighted by Crippen LogP contribution is -2.38. The van der Waals surface area contributed by atoms with Gasteiger partial charge < -0.3 is 25.2 Å². The number of benzene rings is 1. The predicted molar refractivity (Wildman–Crippen MR) is 129 cm³/mol. The van der Waals surface area contributed by atoms with Gasteiger partial charge in [-0.2, -0.15) is 0 Å². The molecule has 1 aromatic heterocycles. The average Bonchev–Trinajstić information content (AvgIpc) is 3.19. The van der Waals surface area contributed by atoms with Gasteiger partial charge in [-0.05, 0) is 31.5 Å². The van der Waals surface area contributed by atoms with Gasteiger partial charge in [-0.25, -0.2) is 4.98 Å². The largest absolute Gasteiger partial charge is 0.497 e. The van der Waals surface area contributed by atoms with E-state index in [-0.39, 0.29) is 30.5 Å². The zero-order valence-electron chi connectivity index (χ0n) is 17.4. The molecule has 0 aliphatic rings. The first-order chi connectivity index (χ1) is 13.6. The zero-order chi connectivity index (χ0) is 20.4. The summed E-state index contributed by atoms with van der Waals surface area (Å²) in [7, 11) is 3.17. The van der Waals surface area contributed by atoms with Gasteiger partial charge in [-0.1, -0.05) is 6.92 Å². The van der Waals surface area contributed by atoms with E-state index in [0.29, 0.717) is 23.0 Å². The summed E-state index contributed by atoms with van der Waals surface area (Å²) >= 11 is 1.74. The summed E-state index contributed by atoms with van der Waals surface area (Å²) in [4.78, 5) is 10.2. The molecule has 0 saturated carbocycles. The van der Waals surface area contributed by atoms with Crippen molar-refractivity contribution >= 4 is 41.3 Å². The van der Waals surface area contributed by atoms with Gasteiger partial charge in [0.15, 0.2) is 5.96 Å². The van der Waals surface area contributed by atoms with Crippen LogP contribution in [0.25, 0.3) is 0 Å². The molecule has 29 heavy (non-hydrogen) atoms. The number of halogens is 1. The number of aliphatic imine (C=N–C) groups is 1. The fraction of sp³-hybridized carbons (Fsp3) is 0.500. The van der Waals surface area contributed by atoms with E-state index in [9.17, 15) is 5.11 Å². The van der Waals surface area contributed by atoms with E-state index in [2.05, 4.69) is 27.5 Å². The number of hydrogen-bond acceptors (Lipinski definition) is 6. The molecule has 0 aliphatic carbocycles. The van der Waals surface area contributed by atoms with E-state index in [4.69, 9.17) is 9.47 Å². The van der Waals surface area contributed by atoms with Crippen molar-refractivity contribution in [3.63, 3.8) is 0 Å². The van der Waals surface area contributed by atoms with Gasteiger partial charge in [0.1, 0.15) is 17.6 Å². The third-order valence-electron chi connectivity index (χ3n) is 4.14. The average molecular weight is 534 g/mol. The van der Waals surface area contributed by atoms with Crippen LogP contribution in [0.2, 0.25) is 0 Å². The van der Waals surface area contributed by atoms with Crippen LogP contribution in [0.4, 0.5) is 0 Å². The number of methoxy groups -OCH3 is 2. The number of aliphatic hydroxyl groups excluding tert-OH is 1. The molecule has 1 aromatic carbocycles. The standard InChI is InChI=1S/C20H30N4O3S.HI/c1-5-15-12-23-19(28-15)9-10-22-20(21-6-2)24-13-17(25)16-11-14(26-3)7-8-18(16)27-4;/h7-8,11-12,17,25H,5-6,9-10,13H2,1-4H3,(H2,21,22,24);1H. The molecule has 2 aromatic rings. The third-order valence-corrected chi connectivity index (χ3v) is 5.35. The van der Waals surface area contributed by atoms with Crippen LogP contribution in [0.1, 0.15) is 35.4 Å². The summed E-state index contributed by atoms with van der Waals surface area (Å²) in [6.45, 7) is 5.81. The van der Waals surface area contributed by atoms with Crippen LogP contribution in [0.3, 0.4) is 0 Å². The van der Waals surface area contributed by atoms with Crippen LogP contribution in [0.15, 0.2) is 29.4 Å². The van der Waals surface area contributed by atoms with Gasteiger partial charge in [-0.3, -0.25) is 4.99 Å². The third kappa shape index (κ3) is 7.98.